The fourth-order valence-electron chi connectivity index (χ4n) is 5.18. The summed E-state index contributed by atoms with van der Waals surface area (Å²) < 4.78 is 0. The molecule has 6 aromatic carbocycles. The van der Waals surface area contributed by atoms with Gasteiger partial charge < -0.3 is 0 Å². The van der Waals surface area contributed by atoms with Crippen molar-refractivity contribution in [1.82, 2.24) is 0 Å². The van der Waals surface area contributed by atoms with E-state index in [-0.39, 0.29) is 0 Å². The highest BCUT2D eigenvalue weighted by Gasteiger charge is 2.09. The SMILES string of the molecule is [SiH3]c1ccc2c3ccccc3c3ccccc3c3ccccc3c3ccccc3c2c1[SiH3]. The molecule has 152 valence electrons. The van der Waals surface area contributed by atoms with E-state index in [1.165, 1.54) is 59.0 Å². The predicted octanol–water partition coefficient (Wildman–Crippen LogP) is 4.56. The summed E-state index contributed by atoms with van der Waals surface area (Å²) in [5.74, 6) is 0. The summed E-state index contributed by atoms with van der Waals surface area (Å²) in [6.45, 7) is 0. The maximum atomic E-state index is 2.37. The molecule has 0 saturated carbocycles. The zero-order valence-corrected chi connectivity index (χ0v) is 22.4. The molecule has 0 fully saturated rings. The molecule has 0 unspecified atom stereocenters. The quantitative estimate of drug-likeness (QED) is 0.304. The lowest BCUT2D eigenvalue weighted by atomic mass is 9.94. The Labute approximate surface area is 193 Å². The van der Waals surface area contributed by atoms with Crippen LogP contribution in [0.25, 0.3) is 53.9 Å². The van der Waals surface area contributed by atoms with Gasteiger partial charge in [-0.25, -0.2) is 0 Å². The molecule has 6 aromatic rings. The van der Waals surface area contributed by atoms with Gasteiger partial charge in [-0.1, -0.05) is 120 Å². The highest BCUT2D eigenvalue weighted by Crippen LogP contribution is 2.34. The molecular formula is C30H24Si2. The van der Waals surface area contributed by atoms with Gasteiger partial charge in [0.25, 0.3) is 0 Å². The summed E-state index contributed by atoms with van der Waals surface area (Å²) in [6.07, 6.45) is 0. The lowest BCUT2D eigenvalue weighted by molar-refractivity contribution is 1.78. The molecule has 32 heavy (non-hydrogen) atoms. The van der Waals surface area contributed by atoms with Crippen molar-refractivity contribution >= 4 is 84.7 Å². The smallest absolute Gasteiger partial charge is 0.0391 e. The first-order valence-corrected chi connectivity index (χ1v) is 13.2. The fraction of sp³-hybridized carbons (Fsp3) is 0. The van der Waals surface area contributed by atoms with E-state index in [0.29, 0.717) is 0 Å². The second-order valence-corrected chi connectivity index (χ2v) is 10.7. The minimum Gasteiger partial charge on any atom is -0.0718 e. The van der Waals surface area contributed by atoms with Crippen molar-refractivity contribution < 1.29 is 0 Å². The van der Waals surface area contributed by atoms with Crippen LogP contribution in [0.15, 0.2) is 109 Å². The summed E-state index contributed by atoms with van der Waals surface area (Å²) >= 11 is 0. The van der Waals surface area contributed by atoms with Crippen LogP contribution in [0.1, 0.15) is 0 Å². The molecule has 0 N–H and O–H groups in total. The van der Waals surface area contributed by atoms with Crippen molar-refractivity contribution in [2.24, 2.45) is 0 Å². The standard InChI is InChI=1S/C30H24Si2/c31-28-18-17-27-25-15-6-5-13-23(25)21-11-2-1-9-19(21)20-10-3-4-12-22(20)24-14-7-8-16-26(24)29(27)30(28)32/h1-18H,31-32H3. The van der Waals surface area contributed by atoms with E-state index >= 15 is 0 Å². The highest BCUT2D eigenvalue weighted by molar-refractivity contribution is 6.54. The highest BCUT2D eigenvalue weighted by atomic mass is 28.2. The molecule has 0 saturated heterocycles. The van der Waals surface area contributed by atoms with Gasteiger partial charge in [0.2, 0.25) is 0 Å². The maximum absolute atomic E-state index is 2.37. The van der Waals surface area contributed by atoms with E-state index < -0.39 is 0 Å². The Bertz CT molecular complexity index is 1670. The predicted molar refractivity (Wildman–Crippen MR) is 151 cm³/mol. The number of hydrogen-bond donors (Lipinski definition) is 0. The summed E-state index contributed by atoms with van der Waals surface area (Å²) in [5.41, 5.74) is 0. The second kappa shape index (κ2) is 7.59. The van der Waals surface area contributed by atoms with Gasteiger partial charge in [0, 0.05) is 20.5 Å². The van der Waals surface area contributed by atoms with Crippen LogP contribution in [0.3, 0.4) is 0 Å². The summed E-state index contributed by atoms with van der Waals surface area (Å²) in [7, 11) is 2.11. The van der Waals surface area contributed by atoms with Crippen molar-refractivity contribution in [3.05, 3.63) is 109 Å². The van der Waals surface area contributed by atoms with E-state index in [1.807, 2.05) is 0 Å². The van der Waals surface area contributed by atoms with E-state index in [4.69, 9.17) is 0 Å². The normalized spacial score (nSPS) is 11.6. The molecule has 0 heterocycles. The van der Waals surface area contributed by atoms with E-state index in [1.54, 1.807) is 5.19 Å². The third-order valence-corrected chi connectivity index (χ3v) is 10.2. The third kappa shape index (κ3) is 2.88. The van der Waals surface area contributed by atoms with Crippen LogP contribution in [0.4, 0.5) is 0 Å². The van der Waals surface area contributed by atoms with Gasteiger partial charge in [0.05, 0.1) is 0 Å². The monoisotopic (exact) mass is 440 g/mol. The minimum absolute atomic E-state index is 1.04. The van der Waals surface area contributed by atoms with Crippen LogP contribution in [-0.4, -0.2) is 20.5 Å². The molecule has 6 rings (SSSR count). The van der Waals surface area contributed by atoms with E-state index in [9.17, 15) is 0 Å². The van der Waals surface area contributed by atoms with E-state index in [0.717, 1.165) is 20.5 Å². The van der Waals surface area contributed by atoms with Gasteiger partial charge in [-0.15, -0.1) is 0 Å². The Hall–Kier alpha value is -3.47. The molecule has 0 nitrogen and oxygen atoms in total. The number of benzene rings is 5. The first-order valence-electron chi connectivity index (χ1n) is 11.2. The summed E-state index contributed by atoms with van der Waals surface area (Å²) in [6, 6.07) is 40.4. The molecule has 0 aliphatic rings. The average molecular weight is 441 g/mol. The van der Waals surface area contributed by atoms with Crippen molar-refractivity contribution in [3.8, 4) is 0 Å². The van der Waals surface area contributed by atoms with Crippen LogP contribution in [0.5, 0.6) is 0 Å². The Balaban J connectivity index is 2.15. The largest absolute Gasteiger partial charge is 0.0718 e. The Morgan fingerprint density at radius 3 is 0.969 bits per heavy atom. The Morgan fingerprint density at radius 1 is 0.312 bits per heavy atom. The lowest BCUT2D eigenvalue weighted by Crippen LogP contribution is -2.25. The van der Waals surface area contributed by atoms with Crippen molar-refractivity contribution in [1.29, 1.82) is 0 Å². The molecule has 0 bridgehead atoms. The van der Waals surface area contributed by atoms with Crippen LogP contribution in [0.2, 0.25) is 0 Å². The van der Waals surface area contributed by atoms with Gasteiger partial charge in [0.1, 0.15) is 0 Å². The molecular weight excluding hydrogens is 417 g/mol. The molecule has 0 aliphatic carbocycles. The van der Waals surface area contributed by atoms with E-state index in [2.05, 4.69) is 109 Å². The van der Waals surface area contributed by atoms with Crippen molar-refractivity contribution in [2.45, 2.75) is 0 Å². The number of fused-ring (bicyclic) bond motifs is 10. The molecule has 0 aromatic heterocycles. The van der Waals surface area contributed by atoms with Crippen LogP contribution < -0.4 is 10.4 Å². The van der Waals surface area contributed by atoms with Crippen LogP contribution >= 0.6 is 0 Å². The average Bonchev–Trinajstić information content (AvgIpc) is 2.85. The number of hydrogen-bond acceptors (Lipinski definition) is 0. The van der Waals surface area contributed by atoms with Crippen LogP contribution in [0, 0.1) is 0 Å². The van der Waals surface area contributed by atoms with Crippen molar-refractivity contribution in [2.75, 3.05) is 0 Å². The second-order valence-electron chi connectivity index (χ2n) is 8.61. The molecule has 0 amide bonds. The van der Waals surface area contributed by atoms with Gasteiger partial charge in [-0.2, -0.15) is 0 Å². The molecule has 2 heteroatoms. The maximum Gasteiger partial charge on any atom is 0.0391 e. The van der Waals surface area contributed by atoms with Gasteiger partial charge in [-0.3, -0.25) is 0 Å². The molecule has 0 spiro atoms. The van der Waals surface area contributed by atoms with Crippen molar-refractivity contribution in [3.63, 3.8) is 0 Å². The lowest BCUT2D eigenvalue weighted by Gasteiger charge is -2.12. The minimum atomic E-state index is 1.04. The topological polar surface area (TPSA) is 0 Å². The van der Waals surface area contributed by atoms with Gasteiger partial charge in [-0.05, 0) is 53.9 Å². The fourth-order valence-corrected chi connectivity index (χ4v) is 6.30. The molecule has 0 aliphatic heterocycles. The molecule has 0 atom stereocenters. The summed E-state index contributed by atoms with van der Waals surface area (Å²) in [4.78, 5) is 0. The Morgan fingerprint density at radius 2 is 0.594 bits per heavy atom. The zero-order chi connectivity index (χ0) is 21.7. The van der Waals surface area contributed by atoms with Gasteiger partial charge >= 0.3 is 0 Å². The Kier molecular flexibility index (Phi) is 4.56. The molecule has 0 radical (unpaired) electrons. The van der Waals surface area contributed by atoms with Crippen LogP contribution in [-0.2, 0) is 0 Å². The first-order chi connectivity index (χ1) is 15.7. The van der Waals surface area contributed by atoms with Gasteiger partial charge in [0.15, 0.2) is 0 Å². The first kappa shape index (κ1) is 19.2. The summed E-state index contributed by atoms with van der Waals surface area (Å²) in [5, 5.41) is 16.3. The third-order valence-electron chi connectivity index (χ3n) is 6.87. The number of rotatable bonds is 0. The zero-order valence-electron chi connectivity index (χ0n) is 18.4.